The molecule has 0 aliphatic heterocycles. The molecule has 0 fully saturated rings. The number of carbonyl (C=O) groups is 1. The molecule has 0 bridgehead atoms. The highest BCUT2D eigenvalue weighted by Gasteiger charge is 2.37. The van der Waals surface area contributed by atoms with Gasteiger partial charge in [0.1, 0.15) is 5.82 Å². The predicted molar refractivity (Wildman–Crippen MR) is 86.9 cm³/mol. The minimum Gasteiger partial charge on any atom is -0.479 e. The van der Waals surface area contributed by atoms with E-state index in [1.807, 2.05) is 0 Å². The van der Waals surface area contributed by atoms with Crippen LogP contribution in [-0.2, 0) is 10.3 Å². The summed E-state index contributed by atoms with van der Waals surface area (Å²) in [5.74, 6) is -1.74. The van der Waals surface area contributed by atoms with Gasteiger partial charge in [-0.15, -0.1) is 0 Å². The van der Waals surface area contributed by atoms with Crippen LogP contribution in [0.4, 0.5) is 10.1 Å². The van der Waals surface area contributed by atoms with Gasteiger partial charge in [0.2, 0.25) is 0 Å². The van der Waals surface area contributed by atoms with Crippen molar-refractivity contribution in [3.63, 3.8) is 0 Å². The molecule has 2 N–H and O–H groups in total. The second-order valence-electron chi connectivity index (χ2n) is 4.69. The molecule has 0 radical (unpaired) electrons. The zero-order valence-corrected chi connectivity index (χ0v) is 14.2. The van der Waals surface area contributed by atoms with Crippen molar-refractivity contribution in [2.45, 2.75) is 12.5 Å². The van der Waals surface area contributed by atoms with Crippen LogP contribution in [0.2, 0.25) is 0 Å². The van der Waals surface area contributed by atoms with Gasteiger partial charge in [-0.2, -0.15) is 0 Å². The summed E-state index contributed by atoms with van der Waals surface area (Å²) in [5.41, 5.74) is -0.912. The highest BCUT2D eigenvalue weighted by molar-refractivity contribution is 9.10. The van der Waals surface area contributed by atoms with E-state index in [0.717, 1.165) is 4.47 Å². The summed E-state index contributed by atoms with van der Waals surface area (Å²) in [7, 11) is 0. The van der Waals surface area contributed by atoms with Gasteiger partial charge in [0.15, 0.2) is 5.54 Å². The van der Waals surface area contributed by atoms with Gasteiger partial charge >= 0.3 is 5.97 Å². The standard InChI is InChI=1S/C15H12Br2FNO2/c1-15(14(20)21,12-7-4-10(17)8-13(12)18)19-11-5-2-9(16)3-6-11/h2-8,19H,1H3,(H,20,21). The zero-order chi connectivity index (χ0) is 15.6. The molecule has 0 aromatic heterocycles. The first-order valence-corrected chi connectivity index (χ1v) is 7.64. The number of aliphatic carboxylic acids is 1. The van der Waals surface area contributed by atoms with Gasteiger partial charge in [0.05, 0.1) is 0 Å². The lowest BCUT2D eigenvalue weighted by atomic mass is 9.91. The Morgan fingerprint density at radius 1 is 1.14 bits per heavy atom. The second-order valence-corrected chi connectivity index (χ2v) is 6.52. The molecule has 0 aliphatic carbocycles. The number of nitrogens with one attached hydrogen (secondary N) is 1. The minimum atomic E-state index is -1.57. The van der Waals surface area contributed by atoms with Crippen LogP contribution in [0.3, 0.4) is 0 Å². The number of anilines is 1. The van der Waals surface area contributed by atoms with Crippen LogP contribution in [0.25, 0.3) is 0 Å². The molecule has 2 rings (SSSR count). The van der Waals surface area contributed by atoms with E-state index < -0.39 is 17.3 Å². The Morgan fingerprint density at radius 3 is 2.24 bits per heavy atom. The lowest BCUT2D eigenvalue weighted by Crippen LogP contribution is -2.41. The Hall–Kier alpha value is -1.40. The van der Waals surface area contributed by atoms with E-state index in [2.05, 4.69) is 37.2 Å². The number of hydrogen-bond donors (Lipinski definition) is 2. The molecule has 3 nitrogen and oxygen atoms in total. The largest absolute Gasteiger partial charge is 0.479 e. The van der Waals surface area contributed by atoms with Crippen molar-refractivity contribution >= 4 is 43.5 Å². The van der Waals surface area contributed by atoms with Crippen LogP contribution in [0, 0.1) is 5.82 Å². The molecule has 2 aromatic rings. The Morgan fingerprint density at radius 2 is 1.71 bits per heavy atom. The Balaban J connectivity index is 2.45. The molecule has 1 unspecified atom stereocenters. The minimum absolute atomic E-state index is 0.0705. The van der Waals surface area contributed by atoms with Crippen molar-refractivity contribution in [1.29, 1.82) is 0 Å². The molecule has 2 aromatic carbocycles. The first-order chi connectivity index (χ1) is 9.83. The fourth-order valence-corrected chi connectivity index (χ4v) is 2.55. The topological polar surface area (TPSA) is 49.3 Å². The van der Waals surface area contributed by atoms with Gasteiger partial charge in [0.25, 0.3) is 0 Å². The fraction of sp³-hybridized carbons (Fsp3) is 0.133. The van der Waals surface area contributed by atoms with Crippen molar-refractivity contribution in [1.82, 2.24) is 0 Å². The van der Waals surface area contributed by atoms with Crippen LogP contribution < -0.4 is 5.32 Å². The average molecular weight is 417 g/mol. The van der Waals surface area contributed by atoms with Crippen LogP contribution in [0.5, 0.6) is 0 Å². The molecule has 0 aliphatic rings. The summed E-state index contributed by atoms with van der Waals surface area (Å²) in [6.07, 6.45) is 0. The van der Waals surface area contributed by atoms with Crippen LogP contribution in [0.15, 0.2) is 51.4 Å². The Bertz CT molecular complexity index is 676. The van der Waals surface area contributed by atoms with Crippen molar-refractivity contribution in [2.75, 3.05) is 5.32 Å². The van der Waals surface area contributed by atoms with E-state index in [1.54, 1.807) is 30.3 Å². The maximum atomic E-state index is 14.1. The van der Waals surface area contributed by atoms with Gasteiger partial charge in [-0.25, -0.2) is 9.18 Å². The molecule has 6 heteroatoms. The molecule has 0 heterocycles. The molecule has 0 saturated carbocycles. The van der Waals surface area contributed by atoms with Crippen molar-refractivity contribution < 1.29 is 14.3 Å². The smallest absolute Gasteiger partial charge is 0.333 e. The first-order valence-electron chi connectivity index (χ1n) is 6.05. The number of carboxylic acid groups (broad SMARTS) is 1. The summed E-state index contributed by atoms with van der Waals surface area (Å²) >= 11 is 6.47. The highest BCUT2D eigenvalue weighted by Crippen LogP contribution is 2.30. The summed E-state index contributed by atoms with van der Waals surface area (Å²) in [5, 5.41) is 12.4. The van der Waals surface area contributed by atoms with Gasteiger partial charge in [-0.05, 0) is 43.3 Å². The summed E-state index contributed by atoms with van der Waals surface area (Å²) in [6.45, 7) is 1.43. The van der Waals surface area contributed by atoms with E-state index in [0.29, 0.717) is 10.2 Å². The number of benzene rings is 2. The molecule has 0 saturated heterocycles. The summed E-state index contributed by atoms with van der Waals surface area (Å²) in [6, 6.07) is 11.3. The quantitative estimate of drug-likeness (QED) is 0.755. The van der Waals surface area contributed by atoms with E-state index in [1.165, 1.54) is 19.1 Å². The SMILES string of the molecule is CC(Nc1ccc(Br)cc1)(C(=O)O)c1ccc(Br)cc1F. The molecular formula is C15H12Br2FNO2. The van der Waals surface area contributed by atoms with Crippen molar-refractivity contribution in [3.8, 4) is 0 Å². The van der Waals surface area contributed by atoms with Gasteiger partial charge in [-0.1, -0.05) is 37.9 Å². The van der Waals surface area contributed by atoms with E-state index in [9.17, 15) is 14.3 Å². The Labute approximate surface area is 138 Å². The van der Waals surface area contributed by atoms with Gasteiger partial charge in [-0.3, -0.25) is 0 Å². The van der Waals surface area contributed by atoms with Crippen LogP contribution in [-0.4, -0.2) is 11.1 Å². The van der Waals surface area contributed by atoms with E-state index in [4.69, 9.17) is 0 Å². The number of hydrogen-bond acceptors (Lipinski definition) is 2. The van der Waals surface area contributed by atoms with Crippen molar-refractivity contribution in [3.05, 3.63) is 62.8 Å². The number of rotatable bonds is 4. The molecule has 1 atom stereocenters. The summed E-state index contributed by atoms with van der Waals surface area (Å²) in [4.78, 5) is 11.7. The molecule has 0 amide bonds. The number of halogens is 3. The second kappa shape index (κ2) is 6.15. The molecule has 110 valence electrons. The number of carboxylic acids is 1. The lowest BCUT2D eigenvalue weighted by molar-refractivity contribution is -0.142. The normalized spacial score (nSPS) is 13.5. The molecule has 0 spiro atoms. The highest BCUT2D eigenvalue weighted by atomic mass is 79.9. The summed E-state index contributed by atoms with van der Waals surface area (Å²) < 4.78 is 15.6. The average Bonchev–Trinajstić information content (AvgIpc) is 2.41. The van der Waals surface area contributed by atoms with E-state index in [-0.39, 0.29) is 5.56 Å². The van der Waals surface area contributed by atoms with Gasteiger partial charge < -0.3 is 10.4 Å². The zero-order valence-electron chi connectivity index (χ0n) is 11.0. The third kappa shape index (κ3) is 3.44. The maximum Gasteiger partial charge on any atom is 0.333 e. The first kappa shape index (κ1) is 16.0. The van der Waals surface area contributed by atoms with Crippen LogP contribution in [0.1, 0.15) is 12.5 Å². The maximum absolute atomic E-state index is 14.1. The third-order valence-corrected chi connectivity index (χ3v) is 4.16. The monoisotopic (exact) mass is 415 g/mol. The molecular weight excluding hydrogens is 405 g/mol. The lowest BCUT2D eigenvalue weighted by Gasteiger charge is -2.28. The van der Waals surface area contributed by atoms with E-state index >= 15 is 0 Å². The molecule has 21 heavy (non-hydrogen) atoms. The van der Waals surface area contributed by atoms with Gasteiger partial charge in [0, 0.05) is 20.2 Å². The van der Waals surface area contributed by atoms with Crippen molar-refractivity contribution in [2.24, 2.45) is 0 Å². The van der Waals surface area contributed by atoms with Crippen LogP contribution >= 0.6 is 31.9 Å². The predicted octanol–water partition coefficient (Wildman–Crippen LogP) is 4.76. The third-order valence-electron chi connectivity index (χ3n) is 3.14. The Kier molecular flexibility index (Phi) is 4.68. The fourth-order valence-electron chi connectivity index (χ4n) is 1.95.